The molecule has 1 aliphatic rings. The lowest BCUT2D eigenvalue weighted by atomic mass is 10.2. The number of hydrazone groups is 1. The Morgan fingerprint density at radius 1 is 0.838 bits per heavy atom. The summed E-state index contributed by atoms with van der Waals surface area (Å²) in [5, 5.41) is 13.0. The SMILES string of the molecule is Cc1ccc(N2CCN(/N=C/c3c(C)nn(-c4ccccc4)c3Sc3nc4ccccc4s3)CC2)cc1. The fraction of sp³-hybridized carbons (Fsp3) is 0.207. The summed E-state index contributed by atoms with van der Waals surface area (Å²) in [5.74, 6) is 0. The molecule has 6 nitrogen and oxygen atoms in total. The lowest BCUT2D eigenvalue weighted by Crippen LogP contribution is -2.44. The first kappa shape index (κ1) is 23.8. The van der Waals surface area contributed by atoms with Gasteiger partial charge in [-0.3, -0.25) is 5.01 Å². The summed E-state index contributed by atoms with van der Waals surface area (Å²) in [6.07, 6.45) is 1.99. The fourth-order valence-electron chi connectivity index (χ4n) is 4.45. The number of rotatable bonds is 6. The van der Waals surface area contributed by atoms with Gasteiger partial charge in [-0.25, -0.2) is 9.67 Å². The van der Waals surface area contributed by atoms with Crippen LogP contribution in [-0.4, -0.2) is 52.2 Å². The van der Waals surface area contributed by atoms with Gasteiger partial charge in [0.15, 0.2) is 4.34 Å². The molecule has 0 spiro atoms. The predicted octanol–water partition coefficient (Wildman–Crippen LogP) is 6.41. The number of anilines is 1. The molecule has 0 atom stereocenters. The molecule has 0 radical (unpaired) electrons. The van der Waals surface area contributed by atoms with Crippen LogP contribution in [0.25, 0.3) is 15.9 Å². The molecule has 186 valence electrons. The van der Waals surface area contributed by atoms with Crippen molar-refractivity contribution in [1.82, 2.24) is 19.8 Å². The van der Waals surface area contributed by atoms with Crippen LogP contribution >= 0.6 is 23.1 Å². The van der Waals surface area contributed by atoms with E-state index in [4.69, 9.17) is 15.2 Å². The maximum absolute atomic E-state index is 4.91. The lowest BCUT2D eigenvalue weighted by Gasteiger charge is -2.34. The molecule has 0 amide bonds. The third-order valence-corrected chi connectivity index (χ3v) is 8.71. The van der Waals surface area contributed by atoms with Crippen molar-refractivity contribution < 1.29 is 0 Å². The maximum Gasteiger partial charge on any atom is 0.157 e. The van der Waals surface area contributed by atoms with Crippen LogP contribution in [0, 0.1) is 13.8 Å². The summed E-state index contributed by atoms with van der Waals surface area (Å²) in [6, 6.07) is 27.3. The summed E-state index contributed by atoms with van der Waals surface area (Å²) >= 11 is 3.37. The molecule has 1 fully saturated rings. The Morgan fingerprint density at radius 2 is 1.57 bits per heavy atom. The molecule has 3 aromatic carbocycles. The number of para-hydroxylation sites is 2. The van der Waals surface area contributed by atoms with E-state index in [1.807, 2.05) is 35.2 Å². The van der Waals surface area contributed by atoms with Crippen molar-refractivity contribution in [3.05, 3.63) is 95.7 Å². The van der Waals surface area contributed by atoms with Gasteiger partial charge < -0.3 is 4.90 Å². The van der Waals surface area contributed by atoms with Crippen molar-refractivity contribution in [3.8, 4) is 5.69 Å². The van der Waals surface area contributed by atoms with Crippen LogP contribution in [0.3, 0.4) is 0 Å². The van der Waals surface area contributed by atoms with Gasteiger partial charge in [0, 0.05) is 18.8 Å². The smallest absolute Gasteiger partial charge is 0.157 e. The minimum atomic E-state index is 0.886. The van der Waals surface area contributed by atoms with Crippen LogP contribution in [0.5, 0.6) is 0 Å². The van der Waals surface area contributed by atoms with Crippen LogP contribution in [-0.2, 0) is 0 Å². The molecule has 0 N–H and O–H groups in total. The van der Waals surface area contributed by atoms with Gasteiger partial charge in [-0.05, 0) is 62.0 Å². The average Bonchev–Trinajstić information content (AvgIpc) is 3.49. The number of hydrogen-bond donors (Lipinski definition) is 0. The number of benzene rings is 3. The number of hydrogen-bond acceptors (Lipinski definition) is 7. The fourth-order valence-corrected chi connectivity index (χ4v) is 6.67. The van der Waals surface area contributed by atoms with E-state index in [0.717, 1.165) is 58.0 Å². The van der Waals surface area contributed by atoms with Gasteiger partial charge >= 0.3 is 0 Å². The van der Waals surface area contributed by atoms with E-state index in [1.165, 1.54) is 16.0 Å². The highest BCUT2D eigenvalue weighted by molar-refractivity contribution is 8.01. The molecule has 37 heavy (non-hydrogen) atoms. The Bertz CT molecular complexity index is 1500. The standard InChI is InChI=1S/C29H28N6S2/c1-21-12-14-23(15-13-21)33-16-18-34(19-17-33)30-20-25-22(2)32-35(24-8-4-3-5-9-24)28(25)37-29-31-26-10-6-7-11-27(26)36-29/h3-15,20H,16-19H2,1-2H3/b30-20+. The highest BCUT2D eigenvalue weighted by Gasteiger charge is 2.20. The second-order valence-electron chi connectivity index (χ2n) is 9.12. The second-order valence-corrected chi connectivity index (χ2v) is 11.4. The van der Waals surface area contributed by atoms with E-state index in [-0.39, 0.29) is 0 Å². The van der Waals surface area contributed by atoms with Crippen LogP contribution in [0.1, 0.15) is 16.8 Å². The molecule has 8 heteroatoms. The van der Waals surface area contributed by atoms with E-state index in [9.17, 15) is 0 Å². The highest BCUT2D eigenvalue weighted by atomic mass is 32.2. The number of aryl methyl sites for hydroxylation is 2. The first-order chi connectivity index (χ1) is 18.1. The quantitative estimate of drug-likeness (QED) is 0.240. The van der Waals surface area contributed by atoms with Crippen molar-refractivity contribution in [2.45, 2.75) is 23.2 Å². The third kappa shape index (κ3) is 5.12. The second kappa shape index (κ2) is 10.4. The Balaban J connectivity index is 1.26. The largest absolute Gasteiger partial charge is 0.368 e. The molecule has 1 aliphatic heterocycles. The van der Waals surface area contributed by atoms with Gasteiger partial charge in [-0.15, -0.1) is 11.3 Å². The van der Waals surface area contributed by atoms with Gasteiger partial charge in [-0.1, -0.05) is 48.0 Å². The highest BCUT2D eigenvalue weighted by Crippen LogP contribution is 2.37. The van der Waals surface area contributed by atoms with Crippen molar-refractivity contribution in [3.63, 3.8) is 0 Å². The van der Waals surface area contributed by atoms with Crippen molar-refractivity contribution in [2.24, 2.45) is 5.10 Å². The zero-order valence-corrected chi connectivity index (χ0v) is 22.5. The number of fused-ring (bicyclic) bond motifs is 1. The normalized spacial score (nSPS) is 14.2. The Morgan fingerprint density at radius 3 is 2.32 bits per heavy atom. The molecule has 6 rings (SSSR count). The summed E-state index contributed by atoms with van der Waals surface area (Å²) in [7, 11) is 0. The summed E-state index contributed by atoms with van der Waals surface area (Å²) in [4.78, 5) is 7.29. The average molecular weight is 525 g/mol. The lowest BCUT2D eigenvalue weighted by molar-refractivity contribution is 0.272. The topological polar surface area (TPSA) is 49.5 Å². The molecule has 2 aromatic heterocycles. The van der Waals surface area contributed by atoms with Crippen LogP contribution in [0.2, 0.25) is 0 Å². The molecule has 5 aromatic rings. The molecule has 0 bridgehead atoms. The van der Waals surface area contributed by atoms with E-state index < -0.39 is 0 Å². The predicted molar refractivity (Wildman–Crippen MR) is 155 cm³/mol. The van der Waals surface area contributed by atoms with E-state index in [2.05, 4.69) is 78.4 Å². The summed E-state index contributed by atoms with van der Waals surface area (Å²) in [6.45, 7) is 7.86. The van der Waals surface area contributed by atoms with Crippen LogP contribution in [0.15, 0.2) is 93.3 Å². The van der Waals surface area contributed by atoms with Crippen molar-refractivity contribution in [1.29, 1.82) is 0 Å². The first-order valence-electron chi connectivity index (χ1n) is 12.4. The number of nitrogens with zero attached hydrogens (tertiary/aromatic N) is 6. The minimum absolute atomic E-state index is 0.886. The molecule has 0 saturated carbocycles. The van der Waals surface area contributed by atoms with Gasteiger partial charge in [0.2, 0.25) is 0 Å². The van der Waals surface area contributed by atoms with Crippen molar-refractivity contribution >= 4 is 45.2 Å². The first-order valence-corrected chi connectivity index (χ1v) is 14.1. The zero-order valence-electron chi connectivity index (χ0n) is 20.9. The van der Waals surface area contributed by atoms with E-state index >= 15 is 0 Å². The molecular formula is C29H28N6S2. The van der Waals surface area contributed by atoms with Gasteiger partial charge in [0.05, 0.1) is 46.5 Å². The van der Waals surface area contributed by atoms with E-state index in [1.54, 1.807) is 23.1 Å². The Kier molecular flexibility index (Phi) is 6.68. The summed E-state index contributed by atoms with van der Waals surface area (Å²) < 4.78 is 4.21. The van der Waals surface area contributed by atoms with Gasteiger partial charge in [-0.2, -0.15) is 10.2 Å². The molecule has 0 aliphatic carbocycles. The Hall–Kier alpha value is -3.62. The maximum atomic E-state index is 4.91. The molecule has 0 unspecified atom stereocenters. The summed E-state index contributed by atoms with van der Waals surface area (Å²) in [5.41, 5.74) is 6.62. The van der Waals surface area contributed by atoms with E-state index in [0.29, 0.717) is 0 Å². The monoisotopic (exact) mass is 524 g/mol. The minimum Gasteiger partial charge on any atom is -0.368 e. The zero-order chi connectivity index (χ0) is 25.2. The number of aromatic nitrogens is 3. The molecule has 3 heterocycles. The molecule has 1 saturated heterocycles. The number of piperazine rings is 1. The van der Waals surface area contributed by atoms with Gasteiger partial charge in [0.25, 0.3) is 0 Å². The van der Waals surface area contributed by atoms with Crippen molar-refractivity contribution in [2.75, 3.05) is 31.1 Å². The Labute approximate surface area is 225 Å². The van der Waals surface area contributed by atoms with Crippen LogP contribution in [0.4, 0.5) is 5.69 Å². The van der Waals surface area contributed by atoms with Crippen LogP contribution < -0.4 is 4.90 Å². The third-order valence-electron chi connectivity index (χ3n) is 6.53. The van der Waals surface area contributed by atoms with Gasteiger partial charge in [0.1, 0.15) is 5.03 Å². The number of thiazole rings is 1. The molecular weight excluding hydrogens is 496 g/mol.